The molecule has 144 valence electrons. The van der Waals surface area contributed by atoms with E-state index in [1.165, 1.54) is 17.4 Å². The molecule has 1 fully saturated rings. The summed E-state index contributed by atoms with van der Waals surface area (Å²) in [6, 6.07) is 6.44. The van der Waals surface area contributed by atoms with Crippen molar-refractivity contribution in [2.24, 2.45) is 0 Å². The average Bonchev–Trinajstić information content (AvgIpc) is 3.31. The van der Waals surface area contributed by atoms with Crippen LogP contribution in [-0.4, -0.2) is 40.8 Å². The van der Waals surface area contributed by atoms with Gasteiger partial charge < -0.3 is 10.2 Å². The van der Waals surface area contributed by atoms with E-state index in [0.717, 1.165) is 6.42 Å². The van der Waals surface area contributed by atoms with E-state index in [1.54, 1.807) is 23.1 Å². The second kappa shape index (κ2) is 7.76. The number of benzene rings is 1. The third-order valence-corrected chi connectivity index (χ3v) is 5.87. The first-order valence-electron chi connectivity index (χ1n) is 9.12. The fourth-order valence-corrected chi connectivity index (χ4v) is 4.14. The van der Waals surface area contributed by atoms with Crippen LogP contribution in [0.2, 0.25) is 0 Å². The standard InChI is InChI=1S/C20H24FN3O2S/c1-4-17(25)24-10-9-13(11-24)22-19(26)20(2,3)16-12-27-18(23-16)14-7-5-6-8-15(14)21/h5-8,12-13H,4,9-11H2,1-3H3,(H,22,26). The first kappa shape index (κ1) is 19.5. The van der Waals surface area contributed by atoms with E-state index in [4.69, 9.17) is 0 Å². The van der Waals surface area contributed by atoms with E-state index in [9.17, 15) is 14.0 Å². The normalized spacial score (nSPS) is 17.2. The summed E-state index contributed by atoms with van der Waals surface area (Å²) in [5.74, 6) is -0.351. The van der Waals surface area contributed by atoms with Gasteiger partial charge in [-0.3, -0.25) is 9.59 Å². The maximum Gasteiger partial charge on any atom is 0.232 e. The van der Waals surface area contributed by atoms with Crippen molar-refractivity contribution in [1.82, 2.24) is 15.2 Å². The fourth-order valence-electron chi connectivity index (χ4n) is 3.13. The minimum absolute atomic E-state index is 0.0445. The number of aromatic nitrogens is 1. The van der Waals surface area contributed by atoms with Crippen LogP contribution in [0, 0.1) is 5.82 Å². The average molecular weight is 389 g/mol. The van der Waals surface area contributed by atoms with Crippen molar-refractivity contribution >= 4 is 23.2 Å². The molecule has 2 aromatic rings. The van der Waals surface area contributed by atoms with Crippen molar-refractivity contribution < 1.29 is 14.0 Å². The molecular weight excluding hydrogens is 365 g/mol. The van der Waals surface area contributed by atoms with Crippen LogP contribution in [0.3, 0.4) is 0 Å². The number of rotatable bonds is 5. The molecule has 1 aliphatic heterocycles. The van der Waals surface area contributed by atoms with Gasteiger partial charge in [0.25, 0.3) is 0 Å². The van der Waals surface area contributed by atoms with Crippen molar-refractivity contribution in [3.63, 3.8) is 0 Å². The van der Waals surface area contributed by atoms with Crippen LogP contribution >= 0.6 is 11.3 Å². The maximum absolute atomic E-state index is 14.0. The van der Waals surface area contributed by atoms with Crippen LogP contribution in [0.15, 0.2) is 29.6 Å². The Morgan fingerprint density at radius 2 is 2.11 bits per heavy atom. The van der Waals surface area contributed by atoms with Gasteiger partial charge in [-0.15, -0.1) is 11.3 Å². The number of halogens is 1. The molecule has 1 saturated heterocycles. The molecule has 1 aromatic heterocycles. The zero-order chi connectivity index (χ0) is 19.6. The molecule has 1 aliphatic rings. The summed E-state index contributed by atoms with van der Waals surface area (Å²) >= 11 is 1.33. The van der Waals surface area contributed by atoms with Crippen LogP contribution in [0.4, 0.5) is 4.39 Å². The van der Waals surface area contributed by atoms with Crippen LogP contribution in [0.5, 0.6) is 0 Å². The number of thiazole rings is 1. The highest BCUT2D eigenvalue weighted by Crippen LogP contribution is 2.31. The van der Waals surface area contributed by atoms with E-state index >= 15 is 0 Å². The van der Waals surface area contributed by atoms with E-state index in [1.807, 2.05) is 26.2 Å². The number of carbonyl (C=O) groups is 2. The molecule has 0 radical (unpaired) electrons. The summed E-state index contributed by atoms with van der Waals surface area (Å²) in [7, 11) is 0. The number of likely N-dealkylation sites (tertiary alicyclic amines) is 1. The quantitative estimate of drug-likeness (QED) is 0.853. The molecule has 27 heavy (non-hydrogen) atoms. The number of hydrogen-bond acceptors (Lipinski definition) is 4. The second-order valence-electron chi connectivity index (χ2n) is 7.30. The van der Waals surface area contributed by atoms with E-state index in [2.05, 4.69) is 10.3 Å². The monoisotopic (exact) mass is 389 g/mol. The molecule has 0 aliphatic carbocycles. The number of nitrogens with one attached hydrogen (secondary N) is 1. The lowest BCUT2D eigenvalue weighted by molar-refractivity contribution is -0.130. The van der Waals surface area contributed by atoms with Gasteiger partial charge >= 0.3 is 0 Å². The summed E-state index contributed by atoms with van der Waals surface area (Å²) in [6.07, 6.45) is 1.23. The van der Waals surface area contributed by atoms with Gasteiger partial charge in [0, 0.05) is 36.5 Å². The number of nitrogens with zero attached hydrogens (tertiary/aromatic N) is 2. The highest BCUT2D eigenvalue weighted by Gasteiger charge is 2.35. The van der Waals surface area contributed by atoms with Gasteiger partial charge in [0.2, 0.25) is 11.8 Å². The Morgan fingerprint density at radius 3 is 2.81 bits per heavy atom. The molecule has 1 aromatic carbocycles. The number of carbonyl (C=O) groups excluding carboxylic acids is 2. The molecule has 0 saturated carbocycles. The predicted molar refractivity (Wildman–Crippen MR) is 104 cm³/mol. The Labute approximate surface area is 162 Å². The van der Waals surface area contributed by atoms with Crippen molar-refractivity contribution in [3.05, 3.63) is 41.2 Å². The molecule has 1 atom stereocenters. The molecular formula is C20H24FN3O2S. The van der Waals surface area contributed by atoms with Crippen molar-refractivity contribution in [3.8, 4) is 10.6 Å². The zero-order valence-corrected chi connectivity index (χ0v) is 16.6. The molecule has 5 nitrogen and oxygen atoms in total. The molecule has 0 bridgehead atoms. The van der Waals surface area contributed by atoms with Gasteiger partial charge in [0.05, 0.1) is 11.1 Å². The third kappa shape index (κ3) is 4.03. The molecule has 1 N–H and O–H groups in total. The first-order chi connectivity index (χ1) is 12.8. The van der Waals surface area contributed by atoms with Gasteiger partial charge in [-0.05, 0) is 32.4 Å². The summed E-state index contributed by atoms with van der Waals surface area (Å²) in [6.45, 7) is 6.68. The molecule has 1 unspecified atom stereocenters. The van der Waals surface area contributed by atoms with Crippen molar-refractivity contribution in [2.45, 2.75) is 45.1 Å². The highest BCUT2D eigenvalue weighted by molar-refractivity contribution is 7.13. The van der Waals surface area contributed by atoms with Gasteiger partial charge in [-0.2, -0.15) is 0 Å². The lowest BCUT2D eigenvalue weighted by Gasteiger charge is -2.24. The van der Waals surface area contributed by atoms with Crippen LogP contribution in [-0.2, 0) is 15.0 Å². The van der Waals surface area contributed by atoms with Gasteiger partial charge in [-0.25, -0.2) is 9.37 Å². The predicted octanol–water partition coefficient (Wildman–Crippen LogP) is 3.35. The third-order valence-electron chi connectivity index (χ3n) is 5.00. The maximum atomic E-state index is 14.0. The summed E-state index contributed by atoms with van der Waals surface area (Å²) in [5, 5.41) is 5.41. The minimum Gasteiger partial charge on any atom is -0.351 e. The Balaban J connectivity index is 1.70. The van der Waals surface area contributed by atoms with Gasteiger partial charge in [0.15, 0.2) is 0 Å². The SMILES string of the molecule is CCC(=O)N1CCC(NC(=O)C(C)(C)c2csc(-c3ccccc3F)n2)C1. The second-order valence-corrected chi connectivity index (χ2v) is 8.15. The molecule has 2 heterocycles. The van der Waals surface area contributed by atoms with Crippen molar-refractivity contribution in [1.29, 1.82) is 0 Å². The zero-order valence-electron chi connectivity index (χ0n) is 15.8. The molecule has 0 spiro atoms. The van der Waals surface area contributed by atoms with Gasteiger partial charge in [-0.1, -0.05) is 19.1 Å². The number of hydrogen-bond donors (Lipinski definition) is 1. The van der Waals surface area contributed by atoms with Crippen LogP contribution in [0.25, 0.3) is 10.6 Å². The fraction of sp³-hybridized carbons (Fsp3) is 0.450. The van der Waals surface area contributed by atoms with Gasteiger partial charge in [0.1, 0.15) is 10.8 Å². The van der Waals surface area contributed by atoms with E-state index in [-0.39, 0.29) is 23.7 Å². The Bertz CT molecular complexity index is 849. The summed E-state index contributed by atoms with van der Waals surface area (Å²) in [4.78, 5) is 31.0. The lowest BCUT2D eigenvalue weighted by atomic mass is 9.88. The summed E-state index contributed by atoms with van der Waals surface area (Å²) < 4.78 is 14.0. The minimum atomic E-state index is -0.845. The largest absolute Gasteiger partial charge is 0.351 e. The molecule has 3 rings (SSSR count). The Morgan fingerprint density at radius 1 is 1.37 bits per heavy atom. The van der Waals surface area contributed by atoms with E-state index < -0.39 is 5.41 Å². The van der Waals surface area contributed by atoms with Crippen LogP contribution in [0.1, 0.15) is 39.3 Å². The molecule has 2 amide bonds. The lowest BCUT2D eigenvalue weighted by Crippen LogP contribution is -2.46. The van der Waals surface area contributed by atoms with Crippen molar-refractivity contribution in [2.75, 3.05) is 13.1 Å². The summed E-state index contributed by atoms with van der Waals surface area (Å²) in [5.41, 5.74) is 0.208. The van der Waals surface area contributed by atoms with Crippen LogP contribution < -0.4 is 5.32 Å². The topological polar surface area (TPSA) is 62.3 Å². The Hall–Kier alpha value is -2.28. The smallest absolute Gasteiger partial charge is 0.232 e. The Kier molecular flexibility index (Phi) is 5.60. The first-order valence-corrected chi connectivity index (χ1v) is 10.0. The highest BCUT2D eigenvalue weighted by atomic mass is 32.1. The molecule has 7 heteroatoms. The number of amides is 2. The van der Waals surface area contributed by atoms with E-state index in [0.29, 0.717) is 35.8 Å².